The summed E-state index contributed by atoms with van der Waals surface area (Å²) in [5.74, 6) is 0.371. The molecule has 0 unspecified atom stereocenters. The SMILES string of the molecule is CN(Cc1cc2c(cc1OC(F)F)OCO2)C(=O)[C@@H](N)Cc1ccccc1. The molecule has 0 spiro atoms. The maximum absolute atomic E-state index is 12.7. The summed E-state index contributed by atoms with van der Waals surface area (Å²) in [5, 5.41) is 0. The molecule has 1 aliphatic rings. The Morgan fingerprint density at radius 3 is 2.56 bits per heavy atom. The second-order valence-corrected chi connectivity index (χ2v) is 6.18. The number of likely N-dealkylation sites (N-methyl/N-ethyl adjacent to an activating group) is 1. The number of carbonyl (C=O) groups is 1. The van der Waals surface area contributed by atoms with Crippen molar-refractivity contribution in [2.24, 2.45) is 5.73 Å². The second kappa shape index (κ2) is 8.22. The topological polar surface area (TPSA) is 74.0 Å². The molecule has 8 heteroatoms. The van der Waals surface area contributed by atoms with Gasteiger partial charge in [0.15, 0.2) is 11.5 Å². The van der Waals surface area contributed by atoms with Crippen LogP contribution in [0.3, 0.4) is 0 Å². The maximum atomic E-state index is 12.7. The summed E-state index contributed by atoms with van der Waals surface area (Å²) in [6.45, 7) is -2.95. The van der Waals surface area contributed by atoms with E-state index >= 15 is 0 Å². The molecule has 2 aromatic carbocycles. The molecule has 2 aromatic rings. The lowest BCUT2D eigenvalue weighted by atomic mass is 10.1. The van der Waals surface area contributed by atoms with E-state index in [2.05, 4.69) is 4.74 Å². The predicted octanol–water partition coefficient (Wildman–Crippen LogP) is 2.55. The molecule has 1 amide bonds. The van der Waals surface area contributed by atoms with E-state index in [1.807, 2.05) is 30.3 Å². The lowest BCUT2D eigenvalue weighted by Gasteiger charge is -2.23. The number of nitrogens with two attached hydrogens (primary N) is 1. The quantitative estimate of drug-likeness (QED) is 0.802. The van der Waals surface area contributed by atoms with Crippen LogP contribution >= 0.6 is 0 Å². The van der Waals surface area contributed by atoms with Crippen LogP contribution in [-0.2, 0) is 17.8 Å². The van der Waals surface area contributed by atoms with E-state index in [0.29, 0.717) is 23.5 Å². The van der Waals surface area contributed by atoms with Gasteiger partial charge in [-0.1, -0.05) is 30.3 Å². The van der Waals surface area contributed by atoms with Crippen molar-refractivity contribution in [3.63, 3.8) is 0 Å². The third-order valence-corrected chi connectivity index (χ3v) is 4.17. The molecule has 0 radical (unpaired) electrons. The molecule has 0 saturated heterocycles. The number of nitrogens with zero attached hydrogens (tertiary/aromatic N) is 1. The minimum Gasteiger partial charge on any atom is -0.454 e. The molecule has 1 aliphatic heterocycles. The van der Waals surface area contributed by atoms with E-state index in [0.717, 1.165) is 5.56 Å². The third kappa shape index (κ3) is 4.65. The van der Waals surface area contributed by atoms with Gasteiger partial charge in [-0.3, -0.25) is 4.79 Å². The molecule has 0 aliphatic carbocycles. The average molecular weight is 378 g/mol. The molecule has 0 fully saturated rings. The molecule has 2 N–H and O–H groups in total. The monoisotopic (exact) mass is 378 g/mol. The van der Waals surface area contributed by atoms with Crippen LogP contribution in [0, 0.1) is 0 Å². The Bertz CT molecular complexity index is 802. The van der Waals surface area contributed by atoms with Gasteiger partial charge in [0, 0.05) is 25.2 Å². The number of fused-ring (bicyclic) bond motifs is 1. The van der Waals surface area contributed by atoms with E-state index in [-0.39, 0.29) is 25.0 Å². The highest BCUT2D eigenvalue weighted by atomic mass is 19.3. The number of alkyl halides is 2. The Morgan fingerprint density at radius 2 is 1.89 bits per heavy atom. The van der Waals surface area contributed by atoms with Crippen LogP contribution in [0.2, 0.25) is 0 Å². The molecular weight excluding hydrogens is 358 g/mol. The van der Waals surface area contributed by atoms with Gasteiger partial charge in [-0.25, -0.2) is 0 Å². The molecule has 1 heterocycles. The highest BCUT2D eigenvalue weighted by molar-refractivity contribution is 5.81. The maximum Gasteiger partial charge on any atom is 0.387 e. The number of ether oxygens (including phenoxy) is 3. The van der Waals surface area contributed by atoms with Crippen LogP contribution in [0.1, 0.15) is 11.1 Å². The van der Waals surface area contributed by atoms with Gasteiger partial charge >= 0.3 is 6.61 Å². The molecule has 0 saturated carbocycles. The molecule has 1 atom stereocenters. The minimum absolute atomic E-state index is 0.00360. The molecule has 27 heavy (non-hydrogen) atoms. The fourth-order valence-corrected chi connectivity index (χ4v) is 2.87. The van der Waals surface area contributed by atoms with Gasteiger partial charge in [0.05, 0.1) is 6.04 Å². The lowest BCUT2D eigenvalue weighted by molar-refractivity contribution is -0.131. The Morgan fingerprint density at radius 1 is 1.22 bits per heavy atom. The molecule has 0 bridgehead atoms. The molecule has 6 nitrogen and oxygen atoms in total. The number of amides is 1. The lowest BCUT2D eigenvalue weighted by Crippen LogP contribution is -2.42. The smallest absolute Gasteiger partial charge is 0.387 e. The fraction of sp³-hybridized carbons (Fsp3) is 0.316. The number of carbonyl (C=O) groups excluding carboxylic acids is 1. The fourth-order valence-electron chi connectivity index (χ4n) is 2.87. The number of halogens is 2. The summed E-state index contributed by atoms with van der Waals surface area (Å²) in [5.41, 5.74) is 7.34. The zero-order valence-corrected chi connectivity index (χ0v) is 14.7. The normalized spacial score (nSPS) is 13.5. The Hall–Kier alpha value is -2.87. The van der Waals surface area contributed by atoms with Crippen molar-refractivity contribution in [1.82, 2.24) is 4.90 Å². The van der Waals surface area contributed by atoms with Gasteiger partial charge in [0.25, 0.3) is 0 Å². The zero-order chi connectivity index (χ0) is 19.4. The van der Waals surface area contributed by atoms with Gasteiger partial charge in [0.1, 0.15) is 5.75 Å². The van der Waals surface area contributed by atoms with E-state index < -0.39 is 12.7 Å². The standard InChI is InChI=1S/C19H20F2N2O4/c1-23(18(24)14(22)7-12-5-3-2-4-6-12)10-13-8-16-17(26-11-25-16)9-15(13)27-19(20)21/h2-6,8-9,14,19H,7,10-11,22H2,1H3/t14-/m0/s1. The highest BCUT2D eigenvalue weighted by Gasteiger charge is 2.24. The van der Waals surface area contributed by atoms with Crippen molar-refractivity contribution in [1.29, 1.82) is 0 Å². The van der Waals surface area contributed by atoms with E-state index in [9.17, 15) is 13.6 Å². The van der Waals surface area contributed by atoms with Crippen molar-refractivity contribution in [3.8, 4) is 17.2 Å². The molecule has 0 aromatic heterocycles. The number of hydrogen-bond acceptors (Lipinski definition) is 5. The van der Waals surface area contributed by atoms with Gasteiger partial charge in [-0.05, 0) is 18.1 Å². The van der Waals surface area contributed by atoms with Crippen LogP contribution in [0.25, 0.3) is 0 Å². The first-order chi connectivity index (χ1) is 12.9. The van der Waals surface area contributed by atoms with Crippen molar-refractivity contribution >= 4 is 5.91 Å². The van der Waals surface area contributed by atoms with Crippen molar-refractivity contribution < 1.29 is 27.8 Å². The van der Waals surface area contributed by atoms with Crippen molar-refractivity contribution in [2.45, 2.75) is 25.6 Å². The highest BCUT2D eigenvalue weighted by Crippen LogP contribution is 2.39. The van der Waals surface area contributed by atoms with Crippen LogP contribution in [-0.4, -0.2) is 37.3 Å². The Labute approximate surface area is 155 Å². The summed E-state index contributed by atoms with van der Waals surface area (Å²) < 4.78 is 40.5. The third-order valence-electron chi connectivity index (χ3n) is 4.17. The van der Waals surface area contributed by atoms with E-state index in [1.165, 1.54) is 17.0 Å². The molecular formula is C19H20F2N2O4. The summed E-state index contributed by atoms with van der Waals surface area (Å²) in [4.78, 5) is 14.0. The van der Waals surface area contributed by atoms with E-state index in [4.69, 9.17) is 15.2 Å². The van der Waals surface area contributed by atoms with Crippen LogP contribution in [0.4, 0.5) is 8.78 Å². The molecule has 3 rings (SSSR count). The zero-order valence-electron chi connectivity index (χ0n) is 14.7. The predicted molar refractivity (Wildman–Crippen MR) is 93.8 cm³/mol. The van der Waals surface area contributed by atoms with Crippen molar-refractivity contribution in [2.75, 3.05) is 13.8 Å². The Balaban J connectivity index is 1.72. The number of rotatable bonds is 7. The summed E-state index contributed by atoms with van der Waals surface area (Å²) in [7, 11) is 1.56. The van der Waals surface area contributed by atoms with Crippen LogP contribution in [0.5, 0.6) is 17.2 Å². The molecule has 144 valence electrons. The van der Waals surface area contributed by atoms with Crippen molar-refractivity contribution in [3.05, 3.63) is 53.6 Å². The number of benzene rings is 2. The van der Waals surface area contributed by atoms with Gasteiger partial charge in [-0.15, -0.1) is 0 Å². The summed E-state index contributed by atoms with van der Waals surface area (Å²) in [6.07, 6.45) is 0.380. The summed E-state index contributed by atoms with van der Waals surface area (Å²) in [6, 6.07) is 11.5. The van der Waals surface area contributed by atoms with Gasteiger partial charge in [-0.2, -0.15) is 8.78 Å². The Kier molecular flexibility index (Phi) is 5.75. The summed E-state index contributed by atoms with van der Waals surface area (Å²) >= 11 is 0. The second-order valence-electron chi connectivity index (χ2n) is 6.18. The minimum atomic E-state index is -2.99. The first kappa shape index (κ1) is 18.9. The van der Waals surface area contributed by atoms with Gasteiger partial charge < -0.3 is 24.8 Å². The van der Waals surface area contributed by atoms with E-state index in [1.54, 1.807) is 7.05 Å². The van der Waals surface area contributed by atoms with Gasteiger partial charge in [0.2, 0.25) is 12.7 Å². The van der Waals surface area contributed by atoms with Crippen LogP contribution in [0.15, 0.2) is 42.5 Å². The average Bonchev–Trinajstić information content (AvgIpc) is 3.08. The number of hydrogen-bond donors (Lipinski definition) is 1. The largest absolute Gasteiger partial charge is 0.454 e. The van der Waals surface area contributed by atoms with Crippen LogP contribution < -0.4 is 19.9 Å². The first-order valence-electron chi connectivity index (χ1n) is 8.36. The first-order valence-corrected chi connectivity index (χ1v) is 8.36.